The third-order valence-electron chi connectivity index (χ3n) is 5.37. The average Bonchev–Trinajstić information content (AvgIpc) is 3.09. The summed E-state index contributed by atoms with van der Waals surface area (Å²) in [6, 6.07) is 15.4. The van der Waals surface area contributed by atoms with Gasteiger partial charge in [0, 0.05) is 36.5 Å². The highest BCUT2D eigenvalue weighted by Crippen LogP contribution is 2.24. The Morgan fingerprint density at radius 3 is 2.06 bits per heavy atom. The first-order chi connectivity index (χ1) is 15.4. The fourth-order valence-electron chi connectivity index (χ4n) is 3.62. The molecule has 2 heterocycles. The van der Waals surface area contributed by atoms with Crippen LogP contribution in [-0.2, 0) is 10.0 Å². The van der Waals surface area contributed by atoms with E-state index in [1.54, 1.807) is 24.3 Å². The summed E-state index contributed by atoms with van der Waals surface area (Å²) in [5.41, 5.74) is 1.73. The number of hydrogen-bond acceptors (Lipinski definition) is 7. The molecule has 1 aliphatic heterocycles. The minimum absolute atomic E-state index is 0.0536. The number of nitrogens with zero attached hydrogens (tertiary/aromatic N) is 4. The number of benzene rings is 2. The van der Waals surface area contributed by atoms with E-state index in [2.05, 4.69) is 19.8 Å². The fraction of sp³-hybridized carbons (Fsp3) is 0.273. The predicted octanol–water partition coefficient (Wildman–Crippen LogP) is 4.23. The van der Waals surface area contributed by atoms with Gasteiger partial charge in [0.15, 0.2) is 5.82 Å². The Balaban J connectivity index is 1.45. The second-order valence-electron chi connectivity index (χ2n) is 7.61. The lowest BCUT2D eigenvalue weighted by Crippen LogP contribution is -2.25. The number of anilines is 2. The van der Waals surface area contributed by atoms with Gasteiger partial charge in [0.2, 0.25) is 0 Å². The van der Waals surface area contributed by atoms with Gasteiger partial charge in [-0.2, -0.15) is 0 Å². The molecule has 1 fully saturated rings. The second-order valence-corrected chi connectivity index (χ2v) is 9.29. The topological polar surface area (TPSA) is 118 Å². The van der Waals surface area contributed by atoms with Gasteiger partial charge in [-0.15, -0.1) is 10.2 Å². The van der Waals surface area contributed by atoms with Crippen LogP contribution in [0.3, 0.4) is 0 Å². The third-order valence-corrected chi connectivity index (χ3v) is 6.77. The van der Waals surface area contributed by atoms with E-state index in [4.69, 9.17) is 0 Å². The van der Waals surface area contributed by atoms with Crippen molar-refractivity contribution in [1.29, 1.82) is 0 Å². The van der Waals surface area contributed by atoms with E-state index in [1.807, 2.05) is 12.1 Å². The van der Waals surface area contributed by atoms with Crippen molar-refractivity contribution in [2.75, 3.05) is 22.7 Å². The predicted molar refractivity (Wildman–Crippen MR) is 122 cm³/mol. The molecular formula is C22H23N5O4S. The Bertz CT molecular complexity index is 1170. The van der Waals surface area contributed by atoms with Crippen molar-refractivity contribution in [1.82, 2.24) is 10.2 Å². The minimum Gasteiger partial charge on any atom is -0.355 e. The number of sulfonamides is 1. The molecule has 9 nitrogen and oxygen atoms in total. The molecule has 3 aromatic rings. The number of hydrogen-bond donors (Lipinski definition) is 1. The van der Waals surface area contributed by atoms with Gasteiger partial charge in [0.25, 0.3) is 15.7 Å². The molecule has 1 N–H and O–H groups in total. The van der Waals surface area contributed by atoms with E-state index < -0.39 is 14.9 Å². The molecule has 166 valence electrons. The first-order valence-corrected chi connectivity index (χ1v) is 11.9. The maximum absolute atomic E-state index is 12.5. The summed E-state index contributed by atoms with van der Waals surface area (Å²) in [7, 11) is -3.86. The monoisotopic (exact) mass is 453 g/mol. The first kappa shape index (κ1) is 21.7. The van der Waals surface area contributed by atoms with E-state index >= 15 is 0 Å². The molecule has 0 aliphatic carbocycles. The summed E-state index contributed by atoms with van der Waals surface area (Å²) in [6.45, 7) is 2.00. The van der Waals surface area contributed by atoms with Crippen LogP contribution in [0.1, 0.15) is 25.7 Å². The molecule has 1 saturated heterocycles. The number of aromatic nitrogens is 2. The Morgan fingerprint density at radius 1 is 0.844 bits per heavy atom. The average molecular weight is 454 g/mol. The molecule has 0 saturated carbocycles. The number of non-ortho nitro benzene ring substituents is 1. The van der Waals surface area contributed by atoms with Gasteiger partial charge in [0.1, 0.15) is 0 Å². The largest absolute Gasteiger partial charge is 0.355 e. The number of nitro groups is 1. The first-order valence-electron chi connectivity index (χ1n) is 10.4. The third kappa shape index (κ3) is 5.02. The normalized spacial score (nSPS) is 14.6. The molecule has 2 aromatic carbocycles. The standard InChI is InChI=1S/C22H23N5O4S/c28-27(29)19-9-11-20(12-10-19)32(30,31)25-18-7-5-17(6-8-18)21-13-14-22(24-23-21)26-15-3-1-2-4-16-26/h5-14,25H,1-4,15-16H2. The van der Waals surface area contributed by atoms with Gasteiger partial charge in [-0.05, 0) is 49.2 Å². The Hall–Kier alpha value is -3.53. The summed E-state index contributed by atoms with van der Waals surface area (Å²) in [4.78, 5) is 12.4. The van der Waals surface area contributed by atoms with Crippen LogP contribution < -0.4 is 9.62 Å². The molecule has 1 aromatic heterocycles. The lowest BCUT2D eigenvalue weighted by molar-refractivity contribution is -0.384. The quantitative estimate of drug-likeness (QED) is 0.438. The van der Waals surface area contributed by atoms with Crippen LogP contribution in [0.15, 0.2) is 65.6 Å². The van der Waals surface area contributed by atoms with Crippen molar-refractivity contribution in [2.45, 2.75) is 30.6 Å². The van der Waals surface area contributed by atoms with Crippen molar-refractivity contribution in [2.24, 2.45) is 0 Å². The molecular weight excluding hydrogens is 430 g/mol. The van der Waals surface area contributed by atoms with Gasteiger partial charge in [-0.3, -0.25) is 14.8 Å². The van der Waals surface area contributed by atoms with Crippen LogP contribution in [0.5, 0.6) is 0 Å². The SMILES string of the molecule is O=[N+]([O-])c1ccc(S(=O)(=O)Nc2ccc(-c3ccc(N4CCCCCC4)nn3)cc2)cc1. The smallest absolute Gasteiger partial charge is 0.269 e. The van der Waals surface area contributed by atoms with E-state index in [0.717, 1.165) is 36.6 Å². The summed E-state index contributed by atoms with van der Waals surface area (Å²) in [5.74, 6) is 0.878. The molecule has 0 spiro atoms. The fourth-order valence-corrected chi connectivity index (χ4v) is 4.68. The van der Waals surface area contributed by atoms with Crippen LogP contribution in [0.4, 0.5) is 17.2 Å². The maximum Gasteiger partial charge on any atom is 0.269 e. The van der Waals surface area contributed by atoms with Gasteiger partial charge in [-0.25, -0.2) is 8.42 Å². The zero-order chi connectivity index (χ0) is 22.6. The van der Waals surface area contributed by atoms with E-state index in [9.17, 15) is 18.5 Å². The maximum atomic E-state index is 12.5. The highest BCUT2D eigenvalue weighted by molar-refractivity contribution is 7.92. The summed E-state index contributed by atoms with van der Waals surface area (Å²) in [6.07, 6.45) is 4.84. The highest BCUT2D eigenvalue weighted by Gasteiger charge is 2.16. The highest BCUT2D eigenvalue weighted by atomic mass is 32.2. The molecule has 32 heavy (non-hydrogen) atoms. The van der Waals surface area contributed by atoms with Crippen molar-refractivity contribution >= 4 is 27.2 Å². The van der Waals surface area contributed by atoms with E-state index in [-0.39, 0.29) is 10.6 Å². The molecule has 0 unspecified atom stereocenters. The van der Waals surface area contributed by atoms with Gasteiger partial charge in [-0.1, -0.05) is 25.0 Å². The summed E-state index contributed by atoms with van der Waals surface area (Å²) >= 11 is 0. The number of nitro benzene ring substituents is 1. The molecule has 10 heteroatoms. The van der Waals surface area contributed by atoms with Gasteiger partial charge in [0.05, 0.1) is 15.5 Å². The van der Waals surface area contributed by atoms with Crippen LogP contribution in [0.2, 0.25) is 0 Å². The van der Waals surface area contributed by atoms with Crippen LogP contribution in [0, 0.1) is 10.1 Å². The van der Waals surface area contributed by atoms with E-state index in [0.29, 0.717) is 11.4 Å². The molecule has 0 bridgehead atoms. The van der Waals surface area contributed by atoms with Crippen LogP contribution >= 0.6 is 0 Å². The molecule has 0 atom stereocenters. The number of nitrogens with one attached hydrogen (secondary N) is 1. The Kier molecular flexibility index (Phi) is 6.31. The second kappa shape index (κ2) is 9.31. The minimum atomic E-state index is -3.86. The zero-order valence-corrected chi connectivity index (χ0v) is 18.2. The Labute approximate surface area is 186 Å². The lowest BCUT2D eigenvalue weighted by atomic mass is 10.1. The zero-order valence-electron chi connectivity index (χ0n) is 17.3. The number of rotatable bonds is 6. The molecule has 1 aliphatic rings. The summed E-state index contributed by atoms with van der Waals surface area (Å²) < 4.78 is 27.6. The molecule has 4 rings (SSSR count). The van der Waals surface area contributed by atoms with Crippen molar-refractivity contribution in [3.8, 4) is 11.3 Å². The van der Waals surface area contributed by atoms with Crippen LogP contribution in [0.25, 0.3) is 11.3 Å². The van der Waals surface area contributed by atoms with Crippen molar-refractivity contribution < 1.29 is 13.3 Å². The lowest BCUT2D eigenvalue weighted by Gasteiger charge is -2.20. The van der Waals surface area contributed by atoms with Crippen molar-refractivity contribution in [3.63, 3.8) is 0 Å². The summed E-state index contributed by atoms with van der Waals surface area (Å²) in [5, 5.41) is 19.5. The molecule has 0 radical (unpaired) electrons. The van der Waals surface area contributed by atoms with Gasteiger partial charge < -0.3 is 4.90 Å². The van der Waals surface area contributed by atoms with Gasteiger partial charge >= 0.3 is 0 Å². The molecule has 0 amide bonds. The Morgan fingerprint density at radius 2 is 1.50 bits per heavy atom. The van der Waals surface area contributed by atoms with Crippen LogP contribution in [-0.4, -0.2) is 36.6 Å². The van der Waals surface area contributed by atoms with E-state index in [1.165, 1.54) is 37.8 Å². The van der Waals surface area contributed by atoms with Crippen molar-refractivity contribution in [3.05, 3.63) is 70.8 Å².